The van der Waals surface area contributed by atoms with Gasteiger partial charge in [0.25, 0.3) is 0 Å². The number of nitrogens with two attached hydrogens (primary N) is 1. The van der Waals surface area contributed by atoms with E-state index < -0.39 is 0 Å². The maximum absolute atomic E-state index is 13.6. The smallest absolute Gasteiger partial charge is 0.240 e. The van der Waals surface area contributed by atoms with E-state index >= 15 is 0 Å². The number of nitrogen functional groups attached to an aromatic ring is 1. The summed E-state index contributed by atoms with van der Waals surface area (Å²) in [7, 11) is 0. The molecule has 0 unspecified atom stereocenters. The molecule has 21 heavy (non-hydrogen) atoms. The number of halogens is 1. The first-order valence-corrected chi connectivity index (χ1v) is 7.16. The molecule has 3 rings (SSSR count). The van der Waals surface area contributed by atoms with Gasteiger partial charge in [-0.05, 0) is 37.6 Å². The second-order valence-corrected chi connectivity index (χ2v) is 5.94. The molecule has 0 spiro atoms. The number of aromatic nitrogens is 2. The molecule has 0 saturated heterocycles. The number of nitrogens with one attached hydrogen (secondary N) is 2. The van der Waals surface area contributed by atoms with E-state index in [1.54, 1.807) is 30.4 Å². The molecule has 0 aliphatic rings. The summed E-state index contributed by atoms with van der Waals surface area (Å²) in [5.74, 6) is 6.05. The van der Waals surface area contributed by atoms with E-state index in [2.05, 4.69) is 20.7 Å². The average Bonchev–Trinajstić information content (AvgIpc) is 2.83. The molecule has 0 bridgehead atoms. The van der Waals surface area contributed by atoms with Crippen LogP contribution in [-0.2, 0) is 0 Å². The van der Waals surface area contributed by atoms with Crippen LogP contribution in [0.15, 0.2) is 24.3 Å². The number of aryl methyl sites for hydroxylation is 2. The molecule has 0 radical (unpaired) electrons. The fourth-order valence-electron chi connectivity index (χ4n) is 2.01. The Morgan fingerprint density at radius 2 is 2.00 bits per heavy atom. The molecular weight excluding hydrogens is 289 g/mol. The summed E-state index contributed by atoms with van der Waals surface area (Å²) in [6.07, 6.45) is 0. The van der Waals surface area contributed by atoms with E-state index in [1.165, 1.54) is 6.07 Å². The van der Waals surface area contributed by atoms with Crippen LogP contribution in [0.3, 0.4) is 0 Å². The van der Waals surface area contributed by atoms with E-state index in [0.717, 1.165) is 15.1 Å². The highest BCUT2D eigenvalue weighted by atomic mass is 32.1. The molecule has 2 aromatic heterocycles. The van der Waals surface area contributed by atoms with Crippen molar-refractivity contribution in [3.63, 3.8) is 0 Å². The summed E-state index contributed by atoms with van der Waals surface area (Å²) >= 11 is 1.55. The van der Waals surface area contributed by atoms with Crippen LogP contribution in [0.1, 0.15) is 10.4 Å². The summed E-state index contributed by atoms with van der Waals surface area (Å²) in [5, 5.41) is 4.01. The van der Waals surface area contributed by atoms with Gasteiger partial charge in [-0.1, -0.05) is 6.07 Å². The Hall–Kier alpha value is -2.25. The van der Waals surface area contributed by atoms with Crippen molar-refractivity contribution in [1.82, 2.24) is 9.97 Å². The number of hydrazine groups is 1. The minimum atomic E-state index is -0.260. The van der Waals surface area contributed by atoms with E-state index in [9.17, 15) is 4.39 Å². The van der Waals surface area contributed by atoms with Crippen LogP contribution >= 0.6 is 11.3 Å². The number of fused-ring (bicyclic) bond motifs is 1. The van der Waals surface area contributed by atoms with Gasteiger partial charge in [-0.15, -0.1) is 11.3 Å². The Labute approximate surface area is 125 Å². The maximum Gasteiger partial charge on any atom is 0.240 e. The van der Waals surface area contributed by atoms with Crippen molar-refractivity contribution in [2.24, 2.45) is 5.84 Å². The number of hydrogen-bond donors (Lipinski definition) is 3. The van der Waals surface area contributed by atoms with Gasteiger partial charge in [0.15, 0.2) is 0 Å². The minimum absolute atomic E-state index is 0.260. The van der Waals surface area contributed by atoms with Crippen molar-refractivity contribution in [3.8, 4) is 0 Å². The SMILES string of the molecule is Cc1cc2c(Nc3ccc(C)c(F)c3)nc(NN)nc2s1. The van der Waals surface area contributed by atoms with Crippen LogP contribution < -0.4 is 16.6 Å². The summed E-state index contributed by atoms with van der Waals surface area (Å²) in [5.41, 5.74) is 3.68. The van der Waals surface area contributed by atoms with Gasteiger partial charge >= 0.3 is 0 Å². The Balaban J connectivity index is 2.07. The molecule has 108 valence electrons. The van der Waals surface area contributed by atoms with E-state index in [4.69, 9.17) is 5.84 Å². The fraction of sp³-hybridized carbons (Fsp3) is 0.143. The summed E-state index contributed by atoms with van der Waals surface area (Å²) in [6, 6.07) is 6.96. The molecule has 0 atom stereocenters. The van der Waals surface area contributed by atoms with Crippen molar-refractivity contribution in [3.05, 3.63) is 40.5 Å². The van der Waals surface area contributed by atoms with Gasteiger partial charge < -0.3 is 5.32 Å². The topological polar surface area (TPSA) is 75.9 Å². The van der Waals surface area contributed by atoms with Gasteiger partial charge in [-0.25, -0.2) is 15.2 Å². The lowest BCUT2D eigenvalue weighted by atomic mass is 10.2. The first kappa shape index (κ1) is 13.7. The third-order valence-corrected chi connectivity index (χ3v) is 4.02. The van der Waals surface area contributed by atoms with Gasteiger partial charge in [0, 0.05) is 10.6 Å². The molecule has 1 aromatic carbocycles. The van der Waals surface area contributed by atoms with Crippen molar-refractivity contribution in [2.45, 2.75) is 13.8 Å². The number of anilines is 3. The molecule has 0 fully saturated rings. The first-order chi connectivity index (χ1) is 10.1. The van der Waals surface area contributed by atoms with Crippen molar-refractivity contribution < 1.29 is 4.39 Å². The average molecular weight is 303 g/mol. The highest BCUT2D eigenvalue weighted by Crippen LogP contribution is 2.31. The fourth-order valence-corrected chi connectivity index (χ4v) is 2.89. The monoisotopic (exact) mass is 303 g/mol. The van der Waals surface area contributed by atoms with Crippen LogP contribution in [0.25, 0.3) is 10.2 Å². The van der Waals surface area contributed by atoms with Crippen LogP contribution in [0, 0.1) is 19.7 Å². The molecule has 0 amide bonds. The second-order valence-electron chi connectivity index (χ2n) is 4.70. The minimum Gasteiger partial charge on any atom is -0.339 e. The van der Waals surface area contributed by atoms with Gasteiger partial charge in [-0.2, -0.15) is 4.98 Å². The molecule has 3 aromatic rings. The second kappa shape index (κ2) is 5.27. The predicted octanol–water partition coefficient (Wildman–Crippen LogP) is 3.48. The standard InChI is InChI=1S/C14H14FN5S/c1-7-3-4-9(6-11(7)15)17-12-10-5-8(2)21-13(10)19-14(18-12)20-16/h3-6H,16H2,1-2H3,(H2,17,18,19,20). The van der Waals surface area contributed by atoms with Gasteiger partial charge in [0.05, 0.1) is 5.39 Å². The van der Waals surface area contributed by atoms with Gasteiger partial charge in [-0.3, -0.25) is 5.43 Å². The zero-order valence-electron chi connectivity index (χ0n) is 11.6. The van der Waals surface area contributed by atoms with Gasteiger partial charge in [0.2, 0.25) is 5.95 Å². The van der Waals surface area contributed by atoms with Gasteiger partial charge in [0.1, 0.15) is 16.5 Å². The lowest BCUT2D eigenvalue weighted by Gasteiger charge is -2.09. The van der Waals surface area contributed by atoms with Crippen molar-refractivity contribution in [2.75, 3.05) is 10.7 Å². The molecule has 2 heterocycles. The first-order valence-electron chi connectivity index (χ1n) is 6.35. The molecule has 7 heteroatoms. The van der Waals surface area contributed by atoms with Crippen molar-refractivity contribution in [1.29, 1.82) is 0 Å². The summed E-state index contributed by atoms with van der Waals surface area (Å²) < 4.78 is 13.6. The maximum atomic E-state index is 13.6. The normalized spacial score (nSPS) is 10.9. The van der Waals surface area contributed by atoms with E-state index in [1.807, 2.05) is 13.0 Å². The van der Waals surface area contributed by atoms with Crippen LogP contribution in [-0.4, -0.2) is 9.97 Å². The van der Waals surface area contributed by atoms with Crippen LogP contribution in [0.2, 0.25) is 0 Å². The number of benzene rings is 1. The summed E-state index contributed by atoms with van der Waals surface area (Å²) in [4.78, 5) is 10.6. The molecular formula is C14H14FN5S. The number of nitrogens with zero attached hydrogens (tertiary/aromatic N) is 2. The Morgan fingerprint density at radius 1 is 1.19 bits per heavy atom. The third-order valence-electron chi connectivity index (χ3n) is 3.08. The zero-order chi connectivity index (χ0) is 15.0. The Bertz CT molecular complexity index is 814. The molecule has 0 aliphatic carbocycles. The molecule has 0 aliphatic heterocycles. The Morgan fingerprint density at radius 3 is 2.71 bits per heavy atom. The lowest BCUT2D eigenvalue weighted by molar-refractivity contribution is 0.619. The largest absolute Gasteiger partial charge is 0.339 e. The highest BCUT2D eigenvalue weighted by Gasteiger charge is 2.11. The molecule has 4 N–H and O–H groups in total. The Kier molecular flexibility index (Phi) is 3.44. The predicted molar refractivity (Wildman–Crippen MR) is 84.4 cm³/mol. The third kappa shape index (κ3) is 2.65. The van der Waals surface area contributed by atoms with E-state index in [-0.39, 0.29) is 5.82 Å². The zero-order valence-corrected chi connectivity index (χ0v) is 12.4. The molecule has 5 nitrogen and oxygen atoms in total. The molecule has 0 saturated carbocycles. The number of hydrogen-bond acceptors (Lipinski definition) is 6. The van der Waals surface area contributed by atoms with E-state index in [0.29, 0.717) is 23.0 Å². The number of rotatable bonds is 3. The van der Waals surface area contributed by atoms with Crippen molar-refractivity contribution >= 4 is 39.0 Å². The highest BCUT2D eigenvalue weighted by molar-refractivity contribution is 7.18. The van der Waals surface area contributed by atoms with Crippen LogP contribution in [0.4, 0.5) is 21.8 Å². The lowest BCUT2D eigenvalue weighted by Crippen LogP contribution is -2.11. The quantitative estimate of drug-likeness (QED) is 0.510. The summed E-state index contributed by atoms with van der Waals surface area (Å²) in [6.45, 7) is 3.72. The number of thiophene rings is 1. The van der Waals surface area contributed by atoms with Crippen LogP contribution in [0.5, 0.6) is 0 Å².